The molecule has 0 aromatic heterocycles. The number of hydrogen-bond acceptors (Lipinski definition) is 4. The highest BCUT2D eigenvalue weighted by Crippen LogP contribution is 2.38. The minimum absolute atomic E-state index is 0.111. The Balaban J connectivity index is 1.75. The summed E-state index contributed by atoms with van der Waals surface area (Å²) in [5, 5.41) is 0. The van der Waals surface area contributed by atoms with E-state index in [4.69, 9.17) is 4.74 Å². The summed E-state index contributed by atoms with van der Waals surface area (Å²) in [6, 6.07) is 10.9. The van der Waals surface area contributed by atoms with Crippen molar-refractivity contribution in [3.05, 3.63) is 65.4 Å². The quantitative estimate of drug-likeness (QED) is 0.640. The van der Waals surface area contributed by atoms with E-state index in [1.54, 1.807) is 24.3 Å². The Morgan fingerprint density at radius 2 is 1.50 bits per heavy atom. The number of carbonyl (C=O) groups is 2. The maximum atomic E-state index is 13.4. The van der Waals surface area contributed by atoms with Crippen molar-refractivity contribution < 1.29 is 27.5 Å². The zero-order chi connectivity index (χ0) is 23.0. The molecule has 2 heterocycles. The van der Waals surface area contributed by atoms with Crippen molar-refractivity contribution in [3.63, 3.8) is 0 Å². The van der Waals surface area contributed by atoms with Gasteiger partial charge in [-0.2, -0.15) is 13.2 Å². The predicted octanol–water partition coefficient (Wildman–Crippen LogP) is 4.73. The molecule has 0 spiro atoms. The third-order valence-corrected chi connectivity index (χ3v) is 5.99. The van der Waals surface area contributed by atoms with Crippen LogP contribution in [0.3, 0.4) is 0 Å². The van der Waals surface area contributed by atoms with E-state index >= 15 is 0 Å². The Bertz CT molecular complexity index is 1050. The maximum Gasteiger partial charge on any atom is 0.416 e. The van der Waals surface area contributed by atoms with Gasteiger partial charge in [0.15, 0.2) is 0 Å². The van der Waals surface area contributed by atoms with Gasteiger partial charge >= 0.3 is 6.18 Å². The summed E-state index contributed by atoms with van der Waals surface area (Å²) in [5.41, 5.74) is 0.388. The van der Waals surface area contributed by atoms with Crippen LogP contribution in [0.1, 0.15) is 30.9 Å². The van der Waals surface area contributed by atoms with Crippen molar-refractivity contribution in [2.75, 3.05) is 25.1 Å². The monoisotopic (exact) mass is 444 g/mol. The summed E-state index contributed by atoms with van der Waals surface area (Å²) in [4.78, 5) is 29.8. The molecule has 8 heteroatoms. The predicted molar refractivity (Wildman–Crippen MR) is 114 cm³/mol. The van der Waals surface area contributed by atoms with Gasteiger partial charge in [0, 0.05) is 13.1 Å². The molecule has 2 aromatic carbocycles. The fourth-order valence-electron chi connectivity index (χ4n) is 4.10. The van der Waals surface area contributed by atoms with Crippen molar-refractivity contribution >= 4 is 23.1 Å². The van der Waals surface area contributed by atoms with Crippen LogP contribution in [0.2, 0.25) is 0 Å². The number of ether oxygens (including phenoxy) is 1. The number of rotatable bonds is 4. The summed E-state index contributed by atoms with van der Waals surface area (Å²) >= 11 is 0. The van der Waals surface area contributed by atoms with E-state index < -0.39 is 23.6 Å². The minimum Gasteiger partial charge on any atom is -0.497 e. The number of likely N-dealkylation sites (tertiary alicyclic amines) is 1. The fraction of sp³-hybridized carbons (Fsp3) is 0.333. The van der Waals surface area contributed by atoms with Crippen molar-refractivity contribution in [3.8, 4) is 5.75 Å². The van der Waals surface area contributed by atoms with Gasteiger partial charge in [0.05, 0.1) is 23.9 Å². The third kappa shape index (κ3) is 3.97. The molecule has 168 valence electrons. The Morgan fingerprint density at radius 3 is 2.03 bits per heavy atom. The first kappa shape index (κ1) is 21.9. The Labute approximate surface area is 184 Å². The molecule has 1 fully saturated rings. The number of amides is 2. The molecule has 0 aliphatic carbocycles. The second kappa shape index (κ2) is 8.33. The third-order valence-electron chi connectivity index (χ3n) is 5.99. The molecule has 2 aromatic rings. The van der Waals surface area contributed by atoms with Gasteiger partial charge < -0.3 is 9.64 Å². The number of anilines is 1. The van der Waals surface area contributed by atoms with Crippen molar-refractivity contribution in [2.45, 2.75) is 25.9 Å². The van der Waals surface area contributed by atoms with Gasteiger partial charge in [0.25, 0.3) is 11.8 Å². The van der Waals surface area contributed by atoms with E-state index in [1.165, 1.54) is 7.11 Å². The minimum atomic E-state index is -4.50. The number of benzene rings is 2. The standard InChI is InChI=1S/C24H23F3N2O3/c1-15-11-13-28(14-12-15)21-20(16-3-9-19(32-2)10-4-16)22(30)29(23(21)31)18-7-5-17(6-8-18)24(25,26)27/h3-10,15H,11-14H2,1-2H3. The van der Waals surface area contributed by atoms with Crippen LogP contribution >= 0.6 is 0 Å². The maximum absolute atomic E-state index is 13.4. The number of nitrogens with zero attached hydrogens (tertiary/aromatic N) is 2. The van der Waals surface area contributed by atoms with E-state index in [2.05, 4.69) is 6.92 Å². The molecule has 0 N–H and O–H groups in total. The Morgan fingerprint density at radius 1 is 0.906 bits per heavy atom. The lowest BCUT2D eigenvalue weighted by molar-refractivity contribution is -0.137. The zero-order valence-corrected chi connectivity index (χ0v) is 17.8. The normalized spacial score (nSPS) is 18.0. The molecule has 1 saturated heterocycles. The van der Waals surface area contributed by atoms with Crippen LogP contribution in [-0.4, -0.2) is 36.9 Å². The molecule has 2 amide bonds. The van der Waals surface area contributed by atoms with Crippen LogP contribution < -0.4 is 9.64 Å². The highest BCUT2D eigenvalue weighted by atomic mass is 19.4. The lowest BCUT2D eigenvalue weighted by Gasteiger charge is -2.32. The fourth-order valence-corrected chi connectivity index (χ4v) is 4.10. The molecule has 4 rings (SSSR count). The summed E-state index contributed by atoms with van der Waals surface area (Å²) in [7, 11) is 1.53. The number of carbonyl (C=O) groups excluding carboxylic acids is 2. The van der Waals surface area contributed by atoms with E-state index in [1.807, 2.05) is 4.90 Å². The number of halogens is 3. The van der Waals surface area contributed by atoms with Gasteiger partial charge in [0.1, 0.15) is 11.4 Å². The molecule has 32 heavy (non-hydrogen) atoms. The molecule has 0 radical (unpaired) electrons. The molecule has 0 saturated carbocycles. The van der Waals surface area contributed by atoms with Crippen LogP contribution in [0.4, 0.5) is 18.9 Å². The van der Waals surface area contributed by atoms with Gasteiger partial charge in [-0.3, -0.25) is 9.59 Å². The van der Waals surface area contributed by atoms with Crippen LogP contribution in [0.5, 0.6) is 5.75 Å². The lowest BCUT2D eigenvalue weighted by Crippen LogP contribution is -2.38. The first-order valence-electron chi connectivity index (χ1n) is 10.4. The lowest BCUT2D eigenvalue weighted by atomic mass is 9.97. The van der Waals surface area contributed by atoms with Crippen LogP contribution in [0.25, 0.3) is 5.57 Å². The summed E-state index contributed by atoms with van der Waals surface area (Å²) in [5.74, 6) is 0.0669. The van der Waals surface area contributed by atoms with Gasteiger partial charge in [-0.25, -0.2) is 4.90 Å². The number of imide groups is 1. The second-order valence-corrected chi connectivity index (χ2v) is 8.11. The van der Waals surface area contributed by atoms with E-state index in [0.29, 0.717) is 36.0 Å². The Hall–Kier alpha value is -3.29. The van der Waals surface area contributed by atoms with Crippen molar-refractivity contribution in [1.29, 1.82) is 0 Å². The van der Waals surface area contributed by atoms with Gasteiger partial charge in [-0.1, -0.05) is 19.1 Å². The largest absolute Gasteiger partial charge is 0.497 e. The molecule has 2 aliphatic rings. The van der Waals surface area contributed by atoms with Crippen molar-refractivity contribution in [1.82, 2.24) is 4.90 Å². The number of alkyl halides is 3. The SMILES string of the molecule is COc1ccc(C2=C(N3CCC(C)CC3)C(=O)N(c3ccc(C(F)(F)F)cc3)C2=O)cc1. The molecule has 0 atom stereocenters. The number of hydrogen-bond donors (Lipinski definition) is 0. The molecular weight excluding hydrogens is 421 g/mol. The highest BCUT2D eigenvalue weighted by molar-refractivity contribution is 6.45. The first-order valence-corrected chi connectivity index (χ1v) is 10.4. The van der Waals surface area contributed by atoms with Crippen molar-refractivity contribution in [2.24, 2.45) is 5.92 Å². The zero-order valence-electron chi connectivity index (χ0n) is 17.8. The molecule has 0 bridgehead atoms. The highest BCUT2D eigenvalue weighted by Gasteiger charge is 2.43. The van der Waals surface area contributed by atoms with Gasteiger partial charge in [-0.15, -0.1) is 0 Å². The Kier molecular flexibility index (Phi) is 5.71. The van der Waals surface area contributed by atoms with E-state index in [-0.39, 0.29) is 11.3 Å². The van der Waals surface area contributed by atoms with Crippen LogP contribution in [-0.2, 0) is 15.8 Å². The number of piperidine rings is 1. The van der Waals surface area contributed by atoms with Crippen LogP contribution in [0.15, 0.2) is 54.2 Å². The average Bonchev–Trinajstić information content (AvgIpc) is 3.04. The smallest absolute Gasteiger partial charge is 0.416 e. The van der Waals surface area contributed by atoms with Crippen LogP contribution in [0, 0.1) is 5.92 Å². The average molecular weight is 444 g/mol. The summed E-state index contributed by atoms with van der Waals surface area (Å²) in [6.45, 7) is 3.41. The summed E-state index contributed by atoms with van der Waals surface area (Å²) < 4.78 is 44.1. The first-order chi connectivity index (χ1) is 15.2. The molecule has 0 unspecified atom stereocenters. The molecular formula is C24H23F3N2O3. The molecule has 5 nitrogen and oxygen atoms in total. The van der Waals surface area contributed by atoms with Gasteiger partial charge in [-0.05, 0) is 60.7 Å². The number of methoxy groups -OCH3 is 1. The summed E-state index contributed by atoms with van der Waals surface area (Å²) in [6.07, 6.45) is -2.72. The van der Waals surface area contributed by atoms with Gasteiger partial charge in [0.2, 0.25) is 0 Å². The second-order valence-electron chi connectivity index (χ2n) is 8.11. The van der Waals surface area contributed by atoms with E-state index in [9.17, 15) is 22.8 Å². The molecule has 2 aliphatic heterocycles. The topological polar surface area (TPSA) is 49.9 Å². The van der Waals surface area contributed by atoms with E-state index in [0.717, 1.165) is 42.0 Å².